The first-order chi connectivity index (χ1) is 12.1. The minimum absolute atomic E-state index is 0.0128. The molecule has 3 saturated carbocycles. The molecule has 3 rings (SSSR count). The second kappa shape index (κ2) is 8.11. The van der Waals surface area contributed by atoms with Crippen LogP contribution in [0.2, 0.25) is 0 Å². The maximum atomic E-state index is 6.19. The minimum Gasteiger partial charge on any atom is -0.373 e. The van der Waals surface area contributed by atoms with Crippen LogP contribution in [0.1, 0.15) is 99.3 Å². The molecule has 0 aromatic carbocycles. The van der Waals surface area contributed by atoms with Crippen LogP contribution in [0.4, 0.5) is 0 Å². The van der Waals surface area contributed by atoms with E-state index in [2.05, 4.69) is 46.9 Å². The molecule has 0 amide bonds. The molecule has 0 aromatic rings. The number of ether oxygens (including phenoxy) is 1. The van der Waals surface area contributed by atoms with Crippen molar-refractivity contribution in [1.82, 2.24) is 5.32 Å². The molecule has 3 fully saturated rings. The smallest absolute Gasteiger partial charge is 0.0602 e. The van der Waals surface area contributed by atoms with Gasteiger partial charge in [0.25, 0.3) is 0 Å². The van der Waals surface area contributed by atoms with Gasteiger partial charge in [0.15, 0.2) is 0 Å². The van der Waals surface area contributed by atoms with Crippen molar-refractivity contribution in [2.45, 2.75) is 117 Å². The SMILES string of the molecule is C[C@@H]1CCC(C)(C)[C@H]2CC[C@@H](NCC3CCC(OC(C)(C)C)CC3)CC12. The lowest BCUT2D eigenvalue weighted by molar-refractivity contribution is -0.0783. The summed E-state index contributed by atoms with van der Waals surface area (Å²) in [6.45, 7) is 15.4. The highest BCUT2D eigenvalue weighted by Gasteiger charge is 2.45. The molecule has 2 heteroatoms. The molecule has 0 radical (unpaired) electrons. The van der Waals surface area contributed by atoms with Crippen molar-refractivity contribution in [3.05, 3.63) is 0 Å². The second-order valence-corrected chi connectivity index (χ2v) is 11.6. The summed E-state index contributed by atoms with van der Waals surface area (Å²) in [5, 5.41) is 3.99. The molecule has 0 heterocycles. The lowest BCUT2D eigenvalue weighted by Gasteiger charge is -2.51. The van der Waals surface area contributed by atoms with Gasteiger partial charge in [0.1, 0.15) is 0 Å². The molecule has 0 saturated heterocycles. The minimum atomic E-state index is 0.0128. The van der Waals surface area contributed by atoms with Gasteiger partial charge in [-0.05, 0) is 114 Å². The average molecular weight is 364 g/mol. The van der Waals surface area contributed by atoms with Crippen LogP contribution in [0, 0.1) is 29.1 Å². The van der Waals surface area contributed by atoms with E-state index in [1.165, 1.54) is 64.3 Å². The van der Waals surface area contributed by atoms with E-state index >= 15 is 0 Å². The molecule has 3 aliphatic carbocycles. The van der Waals surface area contributed by atoms with Crippen LogP contribution in [0.5, 0.6) is 0 Å². The van der Waals surface area contributed by atoms with Crippen LogP contribution < -0.4 is 5.32 Å². The topological polar surface area (TPSA) is 21.3 Å². The van der Waals surface area contributed by atoms with Crippen molar-refractivity contribution in [3.8, 4) is 0 Å². The fourth-order valence-electron chi connectivity index (χ4n) is 6.28. The van der Waals surface area contributed by atoms with Crippen LogP contribution in [0.25, 0.3) is 0 Å². The summed E-state index contributed by atoms with van der Waals surface area (Å²) in [4.78, 5) is 0. The third kappa shape index (κ3) is 5.25. The summed E-state index contributed by atoms with van der Waals surface area (Å²) < 4.78 is 6.19. The van der Waals surface area contributed by atoms with E-state index in [0.717, 1.165) is 29.7 Å². The van der Waals surface area contributed by atoms with Gasteiger partial charge in [-0.2, -0.15) is 0 Å². The van der Waals surface area contributed by atoms with Gasteiger partial charge in [0.2, 0.25) is 0 Å². The van der Waals surface area contributed by atoms with Crippen molar-refractivity contribution in [2.75, 3.05) is 6.54 Å². The third-order valence-corrected chi connectivity index (χ3v) is 7.89. The van der Waals surface area contributed by atoms with Gasteiger partial charge in [-0.25, -0.2) is 0 Å². The highest BCUT2D eigenvalue weighted by molar-refractivity contribution is 4.96. The fourth-order valence-corrected chi connectivity index (χ4v) is 6.28. The molecule has 1 unspecified atom stereocenters. The zero-order valence-electron chi connectivity index (χ0n) is 18.4. The summed E-state index contributed by atoms with van der Waals surface area (Å²) >= 11 is 0. The van der Waals surface area contributed by atoms with Crippen LogP contribution in [0.3, 0.4) is 0 Å². The van der Waals surface area contributed by atoms with Gasteiger partial charge < -0.3 is 10.1 Å². The zero-order valence-corrected chi connectivity index (χ0v) is 18.4. The molecule has 26 heavy (non-hydrogen) atoms. The molecule has 1 N–H and O–H groups in total. The first-order valence-corrected chi connectivity index (χ1v) is 11.6. The predicted octanol–water partition coefficient (Wildman–Crippen LogP) is 6.19. The summed E-state index contributed by atoms with van der Waals surface area (Å²) in [6.07, 6.45) is 12.8. The van der Waals surface area contributed by atoms with E-state index in [4.69, 9.17) is 4.74 Å². The van der Waals surface area contributed by atoms with E-state index in [9.17, 15) is 0 Å². The van der Waals surface area contributed by atoms with E-state index in [1.807, 2.05) is 0 Å². The zero-order chi connectivity index (χ0) is 18.9. The number of nitrogens with one attached hydrogen (secondary N) is 1. The number of hydrogen-bond acceptors (Lipinski definition) is 2. The van der Waals surface area contributed by atoms with Crippen LogP contribution >= 0.6 is 0 Å². The summed E-state index contributed by atoms with van der Waals surface area (Å²) in [7, 11) is 0. The van der Waals surface area contributed by atoms with Crippen molar-refractivity contribution >= 4 is 0 Å². The predicted molar refractivity (Wildman–Crippen MR) is 111 cm³/mol. The monoisotopic (exact) mass is 363 g/mol. The number of hydrogen-bond donors (Lipinski definition) is 1. The maximum Gasteiger partial charge on any atom is 0.0602 e. The molecular formula is C24H45NO. The third-order valence-electron chi connectivity index (χ3n) is 7.89. The average Bonchev–Trinajstić information content (AvgIpc) is 2.56. The first-order valence-electron chi connectivity index (χ1n) is 11.6. The van der Waals surface area contributed by atoms with E-state index in [0.29, 0.717) is 11.5 Å². The first kappa shape index (κ1) is 20.6. The quantitative estimate of drug-likeness (QED) is 0.643. The summed E-state index contributed by atoms with van der Waals surface area (Å²) in [6, 6.07) is 0.774. The van der Waals surface area contributed by atoms with Crippen molar-refractivity contribution in [2.24, 2.45) is 29.1 Å². The molecule has 2 nitrogen and oxygen atoms in total. The highest BCUT2D eigenvalue weighted by Crippen LogP contribution is 2.52. The Hall–Kier alpha value is -0.0800. The van der Waals surface area contributed by atoms with E-state index in [1.54, 1.807) is 0 Å². The Morgan fingerprint density at radius 3 is 2.31 bits per heavy atom. The van der Waals surface area contributed by atoms with Crippen LogP contribution in [-0.2, 0) is 4.74 Å². The molecular weight excluding hydrogens is 318 g/mol. The highest BCUT2D eigenvalue weighted by atomic mass is 16.5. The van der Waals surface area contributed by atoms with Gasteiger partial charge >= 0.3 is 0 Å². The Labute approximate surface area is 163 Å². The lowest BCUT2D eigenvalue weighted by Crippen LogP contribution is -2.48. The van der Waals surface area contributed by atoms with Crippen LogP contribution in [0.15, 0.2) is 0 Å². The van der Waals surface area contributed by atoms with E-state index < -0.39 is 0 Å². The van der Waals surface area contributed by atoms with Gasteiger partial charge in [-0.15, -0.1) is 0 Å². The Bertz CT molecular complexity index is 444. The fraction of sp³-hybridized carbons (Fsp3) is 1.00. The van der Waals surface area contributed by atoms with Crippen molar-refractivity contribution in [3.63, 3.8) is 0 Å². The van der Waals surface area contributed by atoms with E-state index in [-0.39, 0.29) is 5.60 Å². The molecule has 4 atom stereocenters. The number of fused-ring (bicyclic) bond motifs is 1. The molecule has 152 valence electrons. The Balaban J connectivity index is 1.41. The Kier molecular flexibility index (Phi) is 6.44. The standard InChI is InChI=1S/C24H45NO/c1-17-13-14-24(5,6)22-12-9-19(15-21(17)22)25-16-18-7-10-20(11-8-18)26-23(2,3)4/h17-22,25H,7-16H2,1-6H3/t17-,18?,19-,20?,21?,22+/m1/s1. The number of rotatable bonds is 4. The normalized spacial score (nSPS) is 40.8. The summed E-state index contributed by atoms with van der Waals surface area (Å²) in [5.74, 6) is 3.73. The molecule has 3 aliphatic rings. The summed E-state index contributed by atoms with van der Waals surface area (Å²) in [5.41, 5.74) is 0.590. The second-order valence-electron chi connectivity index (χ2n) is 11.6. The Morgan fingerprint density at radius 2 is 1.65 bits per heavy atom. The maximum absolute atomic E-state index is 6.19. The van der Waals surface area contributed by atoms with Gasteiger partial charge in [-0.1, -0.05) is 20.8 Å². The van der Waals surface area contributed by atoms with Gasteiger partial charge in [-0.3, -0.25) is 0 Å². The van der Waals surface area contributed by atoms with Crippen molar-refractivity contribution < 1.29 is 4.74 Å². The Morgan fingerprint density at radius 1 is 0.962 bits per heavy atom. The molecule has 0 aliphatic heterocycles. The van der Waals surface area contributed by atoms with Gasteiger partial charge in [0.05, 0.1) is 11.7 Å². The lowest BCUT2D eigenvalue weighted by atomic mass is 9.55. The molecule has 0 bridgehead atoms. The van der Waals surface area contributed by atoms with Gasteiger partial charge in [0, 0.05) is 6.04 Å². The molecule has 0 spiro atoms. The van der Waals surface area contributed by atoms with Crippen molar-refractivity contribution in [1.29, 1.82) is 0 Å². The van der Waals surface area contributed by atoms with Crippen LogP contribution in [-0.4, -0.2) is 24.3 Å². The molecule has 0 aromatic heterocycles. The largest absolute Gasteiger partial charge is 0.373 e.